The van der Waals surface area contributed by atoms with Gasteiger partial charge in [-0.1, -0.05) is 230 Å². The fraction of sp³-hybridized carbons (Fsp3) is 0.643. The van der Waals surface area contributed by atoms with Crippen LogP contribution < -0.4 is 0 Å². The van der Waals surface area contributed by atoms with Gasteiger partial charge in [-0.05, 0) is 96.5 Å². The summed E-state index contributed by atoms with van der Waals surface area (Å²) in [6.45, 7) is 8.90. The number of rotatable bonds is 34. The Bertz CT molecular complexity index is 1960. The van der Waals surface area contributed by atoms with Crippen molar-refractivity contribution in [1.29, 1.82) is 0 Å². The van der Waals surface area contributed by atoms with Crippen molar-refractivity contribution in [3.63, 3.8) is 0 Å². The van der Waals surface area contributed by atoms with Gasteiger partial charge in [0.25, 0.3) is 0 Å². The van der Waals surface area contributed by atoms with Gasteiger partial charge in [0.2, 0.25) is 0 Å². The SMILES string of the molecule is CCCCCCCCCc1cc(S(=O)(=O)[O-])c2c(CCCCCCCCC)cccc2c1.CCCCCCCCCc1cc(S(=O)(=O)[O-])c2c(CCCCCCCCC)cccc2c1.[Ba+2]. The predicted molar refractivity (Wildman–Crippen MR) is 276 cm³/mol. The molecule has 65 heavy (non-hydrogen) atoms. The van der Waals surface area contributed by atoms with Crippen LogP contribution in [0.1, 0.15) is 230 Å². The molecule has 0 N–H and O–H groups in total. The van der Waals surface area contributed by atoms with E-state index in [1.807, 2.05) is 36.4 Å². The normalized spacial score (nSPS) is 11.8. The first-order valence-corrected chi connectivity index (χ1v) is 28.8. The Balaban J connectivity index is 0.000000440. The predicted octanol–water partition coefficient (Wildman–Crippen LogP) is 16.3. The largest absolute Gasteiger partial charge is 2.00 e. The summed E-state index contributed by atoms with van der Waals surface area (Å²) in [6, 6.07) is 19.4. The van der Waals surface area contributed by atoms with Gasteiger partial charge in [-0.2, -0.15) is 0 Å². The third-order valence-electron chi connectivity index (χ3n) is 12.9. The van der Waals surface area contributed by atoms with Crippen molar-refractivity contribution in [2.45, 2.75) is 243 Å². The summed E-state index contributed by atoms with van der Waals surface area (Å²) in [5.41, 5.74) is 3.92. The average molecular weight is 1060 g/mol. The summed E-state index contributed by atoms with van der Waals surface area (Å²) in [6.07, 6.45) is 37.4. The zero-order valence-electron chi connectivity index (χ0n) is 41.4. The summed E-state index contributed by atoms with van der Waals surface area (Å²) < 4.78 is 72.9. The van der Waals surface area contributed by atoms with E-state index in [0.717, 1.165) is 110 Å². The molecule has 4 aromatic rings. The molecule has 0 fully saturated rings. The van der Waals surface area contributed by atoms with Gasteiger partial charge in [0.05, 0.1) is 9.79 Å². The summed E-state index contributed by atoms with van der Waals surface area (Å²) in [4.78, 5) is -0.0435. The first kappa shape index (κ1) is 59.9. The summed E-state index contributed by atoms with van der Waals surface area (Å²) >= 11 is 0. The van der Waals surface area contributed by atoms with E-state index >= 15 is 0 Å². The molecule has 0 heterocycles. The zero-order chi connectivity index (χ0) is 46.5. The maximum absolute atomic E-state index is 12.1. The van der Waals surface area contributed by atoms with Gasteiger partial charge < -0.3 is 9.11 Å². The minimum absolute atomic E-state index is 0. The molecule has 0 atom stereocenters. The number of fused-ring (bicyclic) bond motifs is 2. The molecule has 0 radical (unpaired) electrons. The van der Waals surface area contributed by atoms with Gasteiger partial charge >= 0.3 is 48.9 Å². The molecular weight excluding hydrogens is 970 g/mol. The fourth-order valence-corrected chi connectivity index (χ4v) is 10.9. The molecule has 360 valence electrons. The Labute approximate surface area is 438 Å². The third kappa shape index (κ3) is 23.8. The van der Waals surface area contributed by atoms with E-state index in [1.165, 1.54) is 128 Å². The van der Waals surface area contributed by atoms with Crippen LogP contribution in [0.25, 0.3) is 21.5 Å². The standard InChI is InChI=1S/2C28H44O3S.Ba/c2*1-3-5-7-9-11-13-15-18-24-22-26-21-17-20-25(19-16-14-12-10-8-6-4-2)28(26)27(23-24)32(29,30)31;/h2*17,20-23H,3-16,18-19H2,1-2H3,(H,29,30,31);/q;;+2/p-2. The van der Waals surface area contributed by atoms with Crippen LogP contribution in [0, 0.1) is 0 Å². The topological polar surface area (TPSA) is 114 Å². The first-order chi connectivity index (χ1) is 30.9. The summed E-state index contributed by atoms with van der Waals surface area (Å²) in [7, 11) is -9.03. The van der Waals surface area contributed by atoms with Gasteiger partial charge in [-0.25, -0.2) is 16.8 Å². The molecule has 0 bridgehead atoms. The monoisotopic (exact) mass is 1060 g/mol. The number of benzene rings is 4. The van der Waals surface area contributed by atoms with Crippen molar-refractivity contribution in [2.24, 2.45) is 0 Å². The molecular formula is C56H86BaO6S2. The minimum Gasteiger partial charge on any atom is -0.744 e. The Morgan fingerprint density at radius 1 is 0.354 bits per heavy atom. The molecule has 0 aliphatic heterocycles. The quantitative estimate of drug-likeness (QED) is 0.0261. The van der Waals surface area contributed by atoms with Crippen LogP contribution in [0.4, 0.5) is 0 Å². The number of unbranched alkanes of at least 4 members (excludes halogenated alkanes) is 24. The van der Waals surface area contributed by atoms with Crippen LogP contribution in [0.5, 0.6) is 0 Å². The fourth-order valence-electron chi connectivity index (χ4n) is 9.26. The molecule has 0 aliphatic carbocycles. The molecule has 0 unspecified atom stereocenters. The molecule has 0 aromatic heterocycles. The van der Waals surface area contributed by atoms with Crippen LogP contribution in [-0.4, -0.2) is 74.8 Å². The maximum Gasteiger partial charge on any atom is 2.00 e. The van der Waals surface area contributed by atoms with Crippen LogP contribution >= 0.6 is 0 Å². The van der Waals surface area contributed by atoms with Crippen molar-refractivity contribution in [2.75, 3.05) is 0 Å². The Kier molecular flexibility index (Phi) is 32.2. The van der Waals surface area contributed by atoms with E-state index in [4.69, 9.17) is 0 Å². The van der Waals surface area contributed by atoms with Crippen LogP contribution in [0.3, 0.4) is 0 Å². The second-order valence-corrected chi connectivity index (χ2v) is 21.3. The van der Waals surface area contributed by atoms with E-state index in [-0.39, 0.29) is 58.7 Å². The molecule has 9 heteroatoms. The van der Waals surface area contributed by atoms with E-state index in [9.17, 15) is 25.9 Å². The van der Waals surface area contributed by atoms with E-state index in [2.05, 4.69) is 39.8 Å². The number of hydrogen-bond acceptors (Lipinski definition) is 6. The van der Waals surface area contributed by atoms with E-state index in [1.54, 1.807) is 12.1 Å². The molecule has 0 saturated heterocycles. The van der Waals surface area contributed by atoms with Gasteiger partial charge in [0, 0.05) is 10.8 Å². The average Bonchev–Trinajstić information content (AvgIpc) is 3.26. The van der Waals surface area contributed by atoms with Crippen LogP contribution in [0.2, 0.25) is 0 Å². The zero-order valence-corrected chi connectivity index (χ0v) is 47.4. The summed E-state index contributed by atoms with van der Waals surface area (Å²) in [5.74, 6) is 0. The van der Waals surface area contributed by atoms with Gasteiger partial charge in [-0.3, -0.25) is 0 Å². The first-order valence-electron chi connectivity index (χ1n) is 25.9. The van der Waals surface area contributed by atoms with Gasteiger partial charge in [-0.15, -0.1) is 0 Å². The Hall–Kier alpha value is -1.21. The molecule has 6 nitrogen and oxygen atoms in total. The summed E-state index contributed by atoms with van der Waals surface area (Å²) in [5, 5.41) is 3.08. The van der Waals surface area contributed by atoms with Crippen molar-refractivity contribution in [3.8, 4) is 0 Å². The maximum atomic E-state index is 12.1. The Morgan fingerprint density at radius 2 is 0.615 bits per heavy atom. The Morgan fingerprint density at radius 3 is 0.892 bits per heavy atom. The van der Waals surface area contributed by atoms with E-state index in [0.29, 0.717) is 10.8 Å². The smallest absolute Gasteiger partial charge is 0.744 e. The molecule has 4 aromatic carbocycles. The van der Waals surface area contributed by atoms with Crippen molar-refractivity contribution >= 4 is 90.7 Å². The minimum atomic E-state index is -4.52. The molecule has 4 rings (SSSR count). The second kappa shape index (κ2) is 35.0. The molecule has 0 amide bonds. The molecule has 0 aliphatic rings. The molecule has 0 saturated carbocycles. The van der Waals surface area contributed by atoms with Gasteiger partial charge in [0.1, 0.15) is 20.2 Å². The second-order valence-electron chi connectivity index (χ2n) is 18.6. The third-order valence-corrected chi connectivity index (χ3v) is 14.7. The molecule has 0 spiro atoms. The number of aryl methyl sites for hydroxylation is 4. The van der Waals surface area contributed by atoms with Crippen molar-refractivity contribution in [1.82, 2.24) is 0 Å². The van der Waals surface area contributed by atoms with Gasteiger partial charge in [0.15, 0.2) is 0 Å². The van der Waals surface area contributed by atoms with Crippen molar-refractivity contribution in [3.05, 3.63) is 82.9 Å². The van der Waals surface area contributed by atoms with E-state index < -0.39 is 20.2 Å². The van der Waals surface area contributed by atoms with Crippen LogP contribution in [0.15, 0.2) is 70.5 Å². The number of hydrogen-bond donors (Lipinski definition) is 0. The van der Waals surface area contributed by atoms with Crippen molar-refractivity contribution < 1.29 is 25.9 Å². The van der Waals surface area contributed by atoms with Crippen LogP contribution in [-0.2, 0) is 45.9 Å².